The van der Waals surface area contributed by atoms with Gasteiger partial charge in [0.15, 0.2) is 17.5 Å². The Kier molecular flexibility index (Phi) is 8.34. The normalized spacial score (nSPS) is 16.2. The molecule has 1 aromatic carbocycles. The first kappa shape index (κ1) is 21.9. The standard InChI is InChI=1S/C21H32N6O3/c1-22-21(24-7-9-26-8-6-23-16-26)25-15-18(27-10-12-30-13-11-27)17-4-5-19(28-2)20(14-17)29-3/h4-6,8,14,16,18H,7,9-13,15H2,1-3H3,(H2,22,24,25). The Morgan fingerprint density at radius 1 is 1.20 bits per heavy atom. The van der Waals surface area contributed by atoms with Gasteiger partial charge in [-0.3, -0.25) is 9.89 Å². The van der Waals surface area contributed by atoms with Crippen LogP contribution in [0, 0.1) is 0 Å². The monoisotopic (exact) mass is 416 g/mol. The third-order valence-electron chi connectivity index (χ3n) is 5.19. The number of imidazole rings is 1. The van der Waals surface area contributed by atoms with E-state index in [2.05, 4.69) is 37.6 Å². The lowest BCUT2D eigenvalue weighted by molar-refractivity contribution is 0.0169. The van der Waals surface area contributed by atoms with Crippen LogP contribution in [0.3, 0.4) is 0 Å². The Hall–Kier alpha value is -2.78. The van der Waals surface area contributed by atoms with E-state index in [9.17, 15) is 0 Å². The Balaban J connectivity index is 1.66. The first-order valence-electron chi connectivity index (χ1n) is 10.2. The molecule has 2 heterocycles. The van der Waals surface area contributed by atoms with E-state index >= 15 is 0 Å². The van der Waals surface area contributed by atoms with Crippen molar-refractivity contribution < 1.29 is 14.2 Å². The highest BCUT2D eigenvalue weighted by Crippen LogP contribution is 2.32. The van der Waals surface area contributed by atoms with Gasteiger partial charge < -0.3 is 29.4 Å². The SMILES string of the molecule is CN=C(NCCn1ccnc1)NCC(c1ccc(OC)c(OC)c1)N1CCOCC1. The molecule has 9 nitrogen and oxygen atoms in total. The number of guanidine groups is 1. The minimum absolute atomic E-state index is 0.154. The fourth-order valence-corrected chi connectivity index (χ4v) is 3.54. The molecule has 0 saturated carbocycles. The summed E-state index contributed by atoms with van der Waals surface area (Å²) in [6, 6.07) is 6.26. The fraction of sp³-hybridized carbons (Fsp3) is 0.524. The fourth-order valence-electron chi connectivity index (χ4n) is 3.54. The van der Waals surface area contributed by atoms with E-state index in [0.717, 1.165) is 62.4 Å². The molecule has 0 amide bonds. The number of aromatic nitrogens is 2. The molecule has 1 aromatic heterocycles. The number of nitrogens with one attached hydrogen (secondary N) is 2. The van der Waals surface area contributed by atoms with Gasteiger partial charge in [-0.05, 0) is 17.7 Å². The molecule has 1 aliphatic rings. The third kappa shape index (κ3) is 5.87. The quantitative estimate of drug-likeness (QED) is 0.468. The van der Waals surface area contributed by atoms with Crippen LogP contribution in [0.2, 0.25) is 0 Å². The molecule has 164 valence electrons. The topological polar surface area (TPSA) is 85.2 Å². The summed E-state index contributed by atoms with van der Waals surface area (Å²) in [5, 5.41) is 6.83. The maximum atomic E-state index is 5.55. The number of hydrogen-bond acceptors (Lipinski definition) is 6. The highest BCUT2D eigenvalue weighted by Gasteiger charge is 2.24. The van der Waals surface area contributed by atoms with Crippen LogP contribution in [-0.4, -0.2) is 81.1 Å². The minimum Gasteiger partial charge on any atom is -0.493 e. The van der Waals surface area contributed by atoms with E-state index < -0.39 is 0 Å². The highest BCUT2D eigenvalue weighted by molar-refractivity contribution is 5.79. The molecular formula is C21H32N6O3. The van der Waals surface area contributed by atoms with Gasteiger partial charge in [0.05, 0.1) is 39.8 Å². The maximum Gasteiger partial charge on any atom is 0.191 e. The van der Waals surface area contributed by atoms with Gasteiger partial charge >= 0.3 is 0 Å². The summed E-state index contributed by atoms with van der Waals surface area (Å²) in [5.41, 5.74) is 1.16. The molecule has 1 atom stereocenters. The molecule has 1 saturated heterocycles. The molecule has 0 radical (unpaired) electrons. The number of aliphatic imine (C=N–C) groups is 1. The molecule has 1 aliphatic heterocycles. The van der Waals surface area contributed by atoms with Crippen LogP contribution in [0.5, 0.6) is 11.5 Å². The van der Waals surface area contributed by atoms with Crippen LogP contribution in [0.1, 0.15) is 11.6 Å². The average molecular weight is 417 g/mol. The number of methoxy groups -OCH3 is 2. The second kappa shape index (κ2) is 11.4. The molecule has 0 aliphatic carbocycles. The molecular weight excluding hydrogens is 384 g/mol. The van der Waals surface area contributed by atoms with Crippen LogP contribution < -0.4 is 20.1 Å². The molecule has 2 aromatic rings. The van der Waals surface area contributed by atoms with Crippen molar-refractivity contribution in [2.24, 2.45) is 4.99 Å². The second-order valence-corrected chi connectivity index (χ2v) is 6.96. The number of rotatable bonds is 9. The average Bonchev–Trinajstić information content (AvgIpc) is 3.32. The van der Waals surface area contributed by atoms with Gasteiger partial charge in [0.25, 0.3) is 0 Å². The van der Waals surface area contributed by atoms with Crippen LogP contribution in [-0.2, 0) is 11.3 Å². The largest absolute Gasteiger partial charge is 0.493 e. The lowest BCUT2D eigenvalue weighted by Gasteiger charge is -2.35. The second-order valence-electron chi connectivity index (χ2n) is 6.96. The van der Waals surface area contributed by atoms with E-state index in [-0.39, 0.29) is 6.04 Å². The molecule has 1 fully saturated rings. The van der Waals surface area contributed by atoms with Crippen molar-refractivity contribution in [2.75, 3.05) is 60.7 Å². The maximum absolute atomic E-state index is 5.55. The first-order chi connectivity index (χ1) is 14.7. The van der Waals surface area contributed by atoms with Crippen molar-refractivity contribution in [3.05, 3.63) is 42.5 Å². The van der Waals surface area contributed by atoms with Gasteiger partial charge in [-0.25, -0.2) is 4.98 Å². The summed E-state index contributed by atoms with van der Waals surface area (Å²) >= 11 is 0. The van der Waals surface area contributed by atoms with E-state index in [1.54, 1.807) is 27.5 Å². The van der Waals surface area contributed by atoms with Crippen LogP contribution in [0.15, 0.2) is 41.9 Å². The van der Waals surface area contributed by atoms with E-state index in [1.165, 1.54) is 0 Å². The van der Waals surface area contributed by atoms with Crippen LogP contribution in [0.25, 0.3) is 0 Å². The minimum atomic E-state index is 0.154. The molecule has 0 bridgehead atoms. The third-order valence-corrected chi connectivity index (χ3v) is 5.19. The van der Waals surface area contributed by atoms with Crippen molar-refractivity contribution in [3.8, 4) is 11.5 Å². The Bertz CT molecular complexity index is 790. The summed E-state index contributed by atoms with van der Waals surface area (Å²) in [4.78, 5) is 10.9. The number of nitrogens with zero attached hydrogens (tertiary/aromatic N) is 4. The Morgan fingerprint density at radius 2 is 2.00 bits per heavy atom. The van der Waals surface area contributed by atoms with Gasteiger partial charge in [-0.2, -0.15) is 0 Å². The Labute approximate surface area is 178 Å². The summed E-state index contributed by atoms with van der Waals surface area (Å²) in [7, 11) is 5.10. The zero-order valence-corrected chi connectivity index (χ0v) is 18.0. The van der Waals surface area contributed by atoms with E-state index in [0.29, 0.717) is 6.54 Å². The molecule has 3 rings (SSSR count). The molecule has 0 spiro atoms. The van der Waals surface area contributed by atoms with Crippen LogP contribution in [0.4, 0.5) is 0 Å². The molecule has 1 unspecified atom stereocenters. The first-order valence-corrected chi connectivity index (χ1v) is 10.2. The molecule has 30 heavy (non-hydrogen) atoms. The summed E-state index contributed by atoms with van der Waals surface area (Å²) in [5.74, 6) is 2.23. The van der Waals surface area contributed by atoms with E-state index in [4.69, 9.17) is 14.2 Å². The lowest BCUT2D eigenvalue weighted by Crippen LogP contribution is -2.46. The van der Waals surface area contributed by atoms with Gasteiger partial charge in [-0.1, -0.05) is 6.07 Å². The lowest BCUT2D eigenvalue weighted by atomic mass is 10.0. The van der Waals surface area contributed by atoms with Gasteiger partial charge in [0, 0.05) is 52.2 Å². The van der Waals surface area contributed by atoms with Crippen molar-refractivity contribution in [2.45, 2.75) is 12.6 Å². The van der Waals surface area contributed by atoms with E-state index in [1.807, 2.05) is 23.2 Å². The predicted molar refractivity (Wildman–Crippen MR) is 116 cm³/mol. The van der Waals surface area contributed by atoms with Gasteiger partial charge in [0.1, 0.15) is 0 Å². The van der Waals surface area contributed by atoms with Crippen molar-refractivity contribution in [1.82, 2.24) is 25.1 Å². The Morgan fingerprint density at radius 3 is 2.67 bits per heavy atom. The van der Waals surface area contributed by atoms with Gasteiger partial charge in [-0.15, -0.1) is 0 Å². The van der Waals surface area contributed by atoms with Gasteiger partial charge in [0.2, 0.25) is 0 Å². The predicted octanol–water partition coefficient (Wildman–Crippen LogP) is 1.14. The summed E-state index contributed by atoms with van der Waals surface area (Å²) < 4.78 is 18.5. The highest BCUT2D eigenvalue weighted by atomic mass is 16.5. The molecule has 9 heteroatoms. The van der Waals surface area contributed by atoms with Crippen molar-refractivity contribution in [3.63, 3.8) is 0 Å². The van der Waals surface area contributed by atoms with Crippen LogP contribution >= 0.6 is 0 Å². The molecule has 2 N–H and O–H groups in total. The zero-order chi connectivity index (χ0) is 21.2. The smallest absolute Gasteiger partial charge is 0.191 e. The number of hydrogen-bond donors (Lipinski definition) is 2. The summed E-state index contributed by atoms with van der Waals surface area (Å²) in [6.07, 6.45) is 5.54. The zero-order valence-electron chi connectivity index (χ0n) is 18.0. The number of ether oxygens (including phenoxy) is 3. The number of benzene rings is 1. The van der Waals surface area contributed by atoms with Crippen molar-refractivity contribution in [1.29, 1.82) is 0 Å². The summed E-state index contributed by atoms with van der Waals surface area (Å²) in [6.45, 7) is 5.53. The number of morpholine rings is 1. The van der Waals surface area contributed by atoms with Crippen molar-refractivity contribution >= 4 is 5.96 Å².